The Morgan fingerprint density at radius 1 is 1.30 bits per heavy atom. The van der Waals surface area contributed by atoms with Gasteiger partial charge in [0, 0.05) is 11.4 Å². The summed E-state index contributed by atoms with van der Waals surface area (Å²) in [5.41, 5.74) is 8.86. The highest BCUT2D eigenvalue weighted by Crippen LogP contribution is 2.19. The summed E-state index contributed by atoms with van der Waals surface area (Å²) in [6, 6.07) is 12.9. The van der Waals surface area contributed by atoms with Crippen LogP contribution in [-0.2, 0) is 16.1 Å². The van der Waals surface area contributed by atoms with Crippen molar-refractivity contribution in [3.63, 3.8) is 0 Å². The Balaban J connectivity index is 1.98. The Labute approximate surface area is 118 Å². The lowest BCUT2D eigenvalue weighted by Gasteiger charge is -2.12. The first-order valence-electron chi connectivity index (χ1n) is 6.51. The number of pyridine rings is 1. The van der Waals surface area contributed by atoms with Crippen LogP contribution in [0.15, 0.2) is 42.5 Å². The number of hydrogen-bond donors (Lipinski definition) is 1. The van der Waals surface area contributed by atoms with E-state index in [1.807, 2.05) is 37.3 Å². The Hall–Kier alpha value is -2.36. The third-order valence-electron chi connectivity index (χ3n) is 3.07. The molecule has 4 heteroatoms. The molecule has 0 aliphatic heterocycles. The van der Waals surface area contributed by atoms with Crippen LogP contribution < -0.4 is 5.73 Å². The Morgan fingerprint density at radius 3 is 2.75 bits per heavy atom. The van der Waals surface area contributed by atoms with E-state index in [0.29, 0.717) is 5.69 Å². The number of nitrogens with two attached hydrogens (primary N) is 1. The van der Waals surface area contributed by atoms with Crippen molar-refractivity contribution in [1.82, 2.24) is 4.98 Å². The lowest BCUT2D eigenvalue weighted by atomic mass is 10.0. The summed E-state index contributed by atoms with van der Waals surface area (Å²) in [6.45, 7) is 3.90. The number of anilines is 1. The molecule has 0 saturated heterocycles. The van der Waals surface area contributed by atoms with E-state index in [0.717, 1.165) is 17.0 Å². The number of nitrogens with zero attached hydrogens (tertiary/aromatic N) is 1. The number of carbonyl (C=O) groups is 1. The van der Waals surface area contributed by atoms with Gasteiger partial charge in [-0.3, -0.25) is 9.78 Å². The second-order valence-corrected chi connectivity index (χ2v) is 4.77. The number of rotatable bonds is 4. The zero-order valence-corrected chi connectivity index (χ0v) is 11.7. The smallest absolute Gasteiger partial charge is 0.313 e. The van der Waals surface area contributed by atoms with Crippen LogP contribution in [0, 0.1) is 6.92 Å². The molecule has 0 fully saturated rings. The lowest BCUT2D eigenvalue weighted by Crippen LogP contribution is -2.13. The summed E-state index contributed by atoms with van der Waals surface area (Å²) >= 11 is 0. The second-order valence-electron chi connectivity index (χ2n) is 4.77. The van der Waals surface area contributed by atoms with Crippen molar-refractivity contribution in [2.75, 3.05) is 5.73 Å². The van der Waals surface area contributed by atoms with Gasteiger partial charge in [-0.2, -0.15) is 0 Å². The lowest BCUT2D eigenvalue weighted by molar-refractivity contribution is -0.146. The van der Waals surface area contributed by atoms with E-state index in [1.54, 1.807) is 19.1 Å². The van der Waals surface area contributed by atoms with Gasteiger partial charge in [0.25, 0.3) is 0 Å². The van der Waals surface area contributed by atoms with Gasteiger partial charge in [-0.15, -0.1) is 0 Å². The van der Waals surface area contributed by atoms with E-state index < -0.39 is 0 Å². The third-order valence-corrected chi connectivity index (χ3v) is 3.07. The van der Waals surface area contributed by atoms with Crippen molar-refractivity contribution in [2.24, 2.45) is 0 Å². The molecule has 1 unspecified atom stereocenters. The fourth-order valence-corrected chi connectivity index (χ4v) is 1.91. The first-order valence-corrected chi connectivity index (χ1v) is 6.51. The van der Waals surface area contributed by atoms with E-state index in [-0.39, 0.29) is 18.5 Å². The fraction of sp³-hybridized carbons (Fsp3) is 0.250. The van der Waals surface area contributed by atoms with Gasteiger partial charge in [-0.25, -0.2) is 0 Å². The SMILES string of the molecule is Cc1cccc(COC(=O)C(C)c2cccc(N)c2)n1. The standard InChI is InChI=1S/C16H18N2O2/c1-11-5-3-8-15(18-11)10-20-16(19)12(2)13-6-4-7-14(17)9-13/h3-9,12H,10,17H2,1-2H3. The first kappa shape index (κ1) is 14.1. The molecule has 2 aromatic rings. The van der Waals surface area contributed by atoms with E-state index in [1.165, 1.54) is 0 Å². The molecule has 4 nitrogen and oxygen atoms in total. The molecule has 0 saturated carbocycles. The highest BCUT2D eigenvalue weighted by atomic mass is 16.5. The van der Waals surface area contributed by atoms with Crippen LogP contribution in [-0.4, -0.2) is 11.0 Å². The van der Waals surface area contributed by atoms with Crippen LogP contribution in [0.1, 0.15) is 29.8 Å². The maximum absolute atomic E-state index is 12.0. The fourth-order valence-electron chi connectivity index (χ4n) is 1.91. The normalized spacial score (nSPS) is 11.9. The summed E-state index contributed by atoms with van der Waals surface area (Å²) in [5, 5.41) is 0. The van der Waals surface area contributed by atoms with Crippen molar-refractivity contribution >= 4 is 11.7 Å². The van der Waals surface area contributed by atoms with E-state index in [2.05, 4.69) is 4.98 Å². The number of aromatic nitrogens is 1. The average molecular weight is 270 g/mol. The summed E-state index contributed by atoms with van der Waals surface area (Å²) in [7, 11) is 0. The number of aryl methyl sites for hydroxylation is 1. The maximum atomic E-state index is 12.0. The Morgan fingerprint density at radius 2 is 2.05 bits per heavy atom. The second kappa shape index (κ2) is 6.19. The summed E-state index contributed by atoms with van der Waals surface area (Å²) in [4.78, 5) is 16.3. The molecule has 0 aliphatic rings. The highest BCUT2D eigenvalue weighted by Gasteiger charge is 2.17. The number of nitrogen functional groups attached to an aromatic ring is 1. The molecule has 0 amide bonds. The van der Waals surface area contributed by atoms with Crippen molar-refractivity contribution in [1.29, 1.82) is 0 Å². The molecule has 20 heavy (non-hydrogen) atoms. The molecule has 1 heterocycles. The summed E-state index contributed by atoms with van der Waals surface area (Å²) in [6.07, 6.45) is 0. The number of ether oxygens (including phenoxy) is 1. The quantitative estimate of drug-likeness (QED) is 0.685. The minimum Gasteiger partial charge on any atom is -0.459 e. The molecule has 1 aromatic heterocycles. The minimum atomic E-state index is -0.344. The largest absolute Gasteiger partial charge is 0.459 e. The Bertz CT molecular complexity index is 611. The van der Waals surface area contributed by atoms with Crippen LogP contribution in [0.4, 0.5) is 5.69 Å². The van der Waals surface area contributed by atoms with Gasteiger partial charge in [0.15, 0.2) is 0 Å². The van der Waals surface area contributed by atoms with Gasteiger partial charge in [-0.1, -0.05) is 18.2 Å². The van der Waals surface area contributed by atoms with E-state index >= 15 is 0 Å². The first-order chi connectivity index (χ1) is 9.56. The molecule has 1 aromatic carbocycles. The zero-order chi connectivity index (χ0) is 14.5. The molecular formula is C16H18N2O2. The predicted molar refractivity (Wildman–Crippen MR) is 78.0 cm³/mol. The van der Waals surface area contributed by atoms with Gasteiger partial charge < -0.3 is 10.5 Å². The van der Waals surface area contributed by atoms with E-state index in [4.69, 9.17) is 10.5 Å². The van der Waals surface area contributed by atoms with Crippen LogP contribution >= 0.6 is 0 Å². The molecule has 0 radical (unpaired) electrons. The number of carbonyl (C=O) groups excluding carboxylic acids is 1. The van der Waals surface area contributed by atoms with Crippen LogP contribution in [0.3, 0.4) is 0 Å². The van der Waals surface area contributed by atoms with E-state index in [9.17, 15) is 4.79 Å². The van der Waals surface area contributed by atoms with Crippen molar-refractivity contribution in [2.45, 2.75) is 26.4 Å². The minimum absolute atomic E-state index is 0.188. The molecule has 104 valence electrons. The van der Waals surface area contributed by atoms with Crippen LogP contribution in [0.25, 0.3) is 0 Å². The highest BCUT2D eigenvalue weighted by molar-refractivity contribution is 5.78. The molecule has 2 N–H and O–H groups in total. The predicted octanol–water partition coefficient (Wildman–Crippen LogP) is 2.82. The summed E-state index contributed by atoms with van der Waals surface area (Å²) < 4.78 is 5.30. The van der Waals surface area contributed by atoms with Crippen molar-refractivity contribution in [3.8, 4) is 0 Å². The maximum Gasteiger partial charge on any atom is 0.313 e. The molecule has 1 atom stereocenters. The molecule has 0 bridgehead atoms. The zero-order valence-electron chi connectivity index (χ0n) is 11.7. The molecule has 0 spiro atoms. The van der Waals surface area contributed by atoms with Crippen LogP contribution in [0.5, 0.6) is 0 Å². The summed E-state index contributed by atoms with van der Waals surface area (Å²) in [5.74, 6) is -0.623. The topological polar surface area (TPSA) is 65.2 Å². The Kier molecular flexibility index (Phi) is 4.35. The van der Waals surface area contributed by atoms with Gasteiger partial charge >= 0.3 is 5.97 Å². The van der Waals surface area contributed by atoms with Gasteiger partial charge in [-0.05, 0) is 43.7 Å². The van der Waals surface area contributed by atoms with Gasteiger partial charge in [0.05, 0.1) is 11.6 Å². The van der Waals surface area contributed by atoms with Gasteiger partial charge in [0.1, 0.15) is 6.61 Å². The van der Waals surface area contributed by atoms with Crippen molar-refractivity contribution in [3.05, 3.63) is 59.4 Å². The van der Waals surface area contributed by atoms with Crippen molar-refractivity contribution < 1.29 is 9.53 Å². The molecule has 0 aliphatic carbocycles. The number of benzene rings is 1. The molecule has 2 rings (SSSR count). The average Bonchev–Trinajstić information content (AvgIpc) is 2.44. The number of hydrogen-bond acceptors (Lipinski definition) is 4. The third kappa shape index (κ3) is 3.57. The van der Waals surface area contributed by atoms with Gasteiger partial charge in [0.2, 0.25) is 0 Å². The number of esters is 1. The molecular weight excluding hydrogens is 252 g/mol. The van der Waals surface area contributed by atoms with Crippen LogP contribution in [0.2, 0.25) is 0 Å². The monoisotopic (exact) mass is 270 g/mol.